The molecule has 2 nitrogen and oxygen atoms in total. The molecule has 2 fully saturated rings. The quantitative estimate of drug-likeness (QED) is 0.703. The van der Waals surface area contributed by atoms with Gasteiger partial charge in [-0.2, -0.15) is 0 Å². The summed E-state index contributed by atoms with van der Waals surface area (Å²) in [5, 5.41) is 0. The summed E-state index contributed by atoms with van der Waals surface area (Å²) >= 11 is 0. The van der Waals surface area contributed by atoms with Crippen LogP contribution in [0.4, 0.5) is 0 Å². The number of likely N-dealkylation sites (tertiary alicyclic amines) is 1. The number of nitrogens with zero attached hydrogens (tertiary/aromatic N) is 1. The van der Waals surface area contributed by atoms with Crippen molar-refractivity contribution in [3.8, 4) is 0 Å². The number of hydrogen-bond donors (Lipinski definition) is 0. The zero-order valence-electron chi connectivity index (χ0n) is 11.8. The Bertz CT molecular complexity index is 209. The van der Waals surface area contributed by atoms with Gasteiger partial charge in [-0.3, -0.25) is 0 Å². The van der Waals surface area contributed by atoms with E-state index in [9.17, 15) is 4.79 Å². The second kappa shape index (κ2) is 7.86. The topological polar surface area (TPSA) is 20.3 Å². The molecule has 0 bridgehead atoms. The summed E-state index contributed by atoms with van der Waals surface area (Å²) in [6.45, 7) is 5.29. The van der Waals surface area contributed by atoms with E-state index >= 15 is 0 Å². The average molecular weight is 239 g/mol. The van der Waals surface area contributed by atoms with E-state index in [0.29, 0.717) is 5.92 Å². The van der Waals surface area contributed by atoms with Gasteiger partial charge in [-0.25, -0.2) is 0 Å². The van der Waals surface area contributed by atoms with Crippen molar-refractivity contribution in [3.05, 3.63) is 0 Å². The molecule has 1 saturated heterocycles. The van der Waals surface area contributed by atoms with Crippen molar-refractivity contribution in [2.24, 2.45) is 11.8 Å². The van der Waals surface area contributed by atoms with Crippen LogP contribution in [0.3, 0.4) is 0 Å². The zero-order chi connectivity index (χ0) is 12.7. The third kappa shape index (κ3) is 4.09. The molecule has 0 radical (unpaired) electrons. The van der Waals surface area contributed by atoms with Gasteiger partial charge in [0.25, 0.3) is 0 Å². The van der Waals surface area contributed by atoms with Crippen LogP contribution in [-0.4, -0.2) is 30.8 Å². The molecule has 2 aliphatic rings. The Hall–Kier alpha value is -0.370. The van der Waals surface area contributed by atoms with Gasteiger partial charge >= 0.3 is 0 Å². The standard InChI is InChI=1S/C13H23NO.C2H6/c1-14-9-2-3-13(14)12-6-4-11(5-7-12)8-10-15;1-2/h10-13H,2-9H2,1H3;1-2H3. The lowest BCUT2D eigenvalue weighted by Gasteiger charge is -2.34. The highest BCUT2D eigenvalue weighted by molar-refractivity contribution is 5.49. The monoisotopic (exact) mass is 239 g/mol. The second-order valence-corrected chi connectivity index (χ2v) is 5.37. The van der Waals surface area contributed by atoms with E-state index in [-0.39, 0.29) is 0 Å². The molecule has 1 unspecified atom stereocenters. The van der Waals surface area contributed by atoms with Crippen molar-refractivity contribution in [2.45, 2.75) is 64.8 Å². The lowest BCUT2D eigenvalue weighted by Crippen LogP contribution is -2.34. The molecule has 1 atom stereocenters. The maximum atomic E-state index is 10.5. The van der Waals surface area contributed by atoms with Crippen LogP contribution in [0.25, 0.3) is 0 Å². The van der Waals surface area contributed by atoms with Gasteiger partial charge in [-0.1, -0.05) is 13.8 Å². The van der Waals surface area contributed by atoms with Crippen LogP contribution in [0.1, 0.15) is 58.8 Å². The lowest BCUT2D eigenvalue weighted by molar-refractivity contribution is -0.108. The highest BCUT2D eigenvalue weighted by Crippen LogP contribution is 2.36. The van der Waals surface area contributed by atoms with Gasteiger partial charge in [0.1, 0.15) is 6.29 Å². The Morgan fingerprint density at radius 1 is 1.12 bits per heavy atom. The van der Waals surface area contributed by atoms with Crippen molar-refractivity contribution >= 4 is 6.29 Å². The average Bonchev–Trinajstić information content (AvgIpc) is 2.80. The highest BCUT2D eigenvalue weighted by atomic mass is 16.1. The summed E-state index contributed by atoms with van der Waals surface area (Å²) in [5.74, 6) is 1.62. The van der Waals surface area contributed by atoms with Crippen molar-refractivity contribution in [2.75, 3.05) is 13.6 Å². The van der Waals surface area contributed by atoms with E-state index in [2.05, 4.69) is 11.9 Å². The molecule has 0 spiro atoms. The van der Waals surface area contributed by atoms with Crippen LogP contribution < -0.4 is 0 Å². The van der Waals surface area contributed by atoms with Crippen molar-refractivity contribution in [1.29, 1.82) is 0 Å². The molecule has 0 aromatic heterocycles. The van der Waals surface area contributed by atoms with Crippen molar-refractivity contribution in [1.82, 2.24) is 4.90 Å². The van der Waals surface area contributed by atoms with E-state index in [0.717, 1.165) is 24.7 Å². The number of rotatable bonds is 3. The van der Waals surface area contributed by atoms with E-state index in [1.54, 1.807) is 0 Å². The number of hydrogen-bond acceptors (Lipinski definition) is 2. The smallest absolute Gasteiger partial charge is 0.120 e. The molecule has 17 heavy (non-hydrogen) atoms. The third-order valence-corrected chi connectivity index (χ3v) is 4.44. The Kier molecular flexibility index (Phi) is 6.79. The number of carbonyl (C=O) groups is 1. The first-order valence-electron chi connectivity index (χ1n) is 7.45. The van der Waals surface area contributed by atoms with Crippen molar-refractivity contribution in [3.63, 3.8) is 0 Å². The van der Waals surface area contributed by atoms with E-state index in [1.165, 1.54) is 45.1 Å². The summed E-state index contributed by atoms with van der Waals surface area (Å²) < 4.78 is 0. The van der Waals surface area contributed by atoms with Gasteiger partial charge in [0.05, 0.1) is 0 Å². The molecule has 0 aromatic carbocycles. The summed E-state index contributed by atoms with van der Waals surface area (Å²) in [5.41, 5.74) is 0. The molecule has 2 rings (SSSR count). The number of aldehydes is 1. The first-order chi connectivity index (χ1) is 8.31. The van der Waals surface area contributed by atoms with Crippen LogP contribution in [0.5, 0.6) is 0 Å². The van der Waals surface area contributed by atoms with Gasteiger partial charge in [0.15, 0.2) is 0 Å². The van der Waals surface area contributed by atoms with Crippen LogP contribution in [0, 0.1) is 11.8 Å². The maximum absolute atomic E-state index is 10.5. The molecular formula is C15H29NO. The van der Waals surface area contributed by atoms with Crippen molar-refractivity contribution < 1.29 is 4.79 Å². The fourth-order valence-corrected chi connectivity index (χ4v) is 3.48. The van der Waals surface area contributed by atoms with Gasteiger partial charge in [0, 0.05) is 12.5 Å². The van der Waals surface area contributed by atoms with Crippen LogP contribution in [-0.2, 0) is 4.79 Å². The molecule has 1 heterocycles. The summed E-state index contributed by atoms with van der Waals surface area (Å²) in [6.07, 6.45) is 9.97. The first-order valence-corrected chi connectivity index (χ1v) is 7.45. The predicted molar refractivity (Wildman–Crippen MR) is 73.1 cm³/mol. The number of carbonyl (C=O) groups excluding carboxylic acids is 1. The molecule has 0 aromatic rings. The normalized spacial score (nSPS) is 33.9. The molecular weight excluding hydrogens is 210 g/mol. The van der Waals surface area contributed by atoms with Crippen LogP contribution in [0.15, 0.2) is 0 Å². The Balaban J connectivity index is 0.000000686. The predicted octanol–water partition coefficient (Wildman–Crippen LogP) is 3.50. The fourth-order valence-electron chi connectivity index (χ4n) is 3.48. The van der Waals surface area contributed by atoms with E-state index in [1.807, 2.05) is 13.8 Å². The lowest BCUT2D eigenvalue weighted by atomic mass is 9.77. The third-order valence-electron chi connectivity index (χ3n) is 4.44. The molecule has 100 valence electrons. The maximum Gasteiger partial charge on any atom is 0.120 e. The molecule has 1 aliphatic heterocycles. The second-order valence-electron chi connectivity index (χ2n) is 5.37. The largest absolute Gasteiger partial charge is 0.303 e. The minimum absolute atomic E-state index is 0.699. The fraction of sp³-hybridized carbons (Fsp3) is 0.933. The summed E-state index contributed by atoms with van der Waals surface area (Å²) in [6, 6.07) is 0.849. The zero-order valence-corrected chi connectivity index (χ0v) is 11.8. The first kappa shape index (κ1) is 14.7. The van der Waals surface area contributed by atoms with E-state index < -0.39 is 0 Å². The van der Waals surface area contributed by atoms with Crippen LogP contribution in [0.2, 0.25) is 0 Å². The molecule has 2 heteroatoms. The highest BCUT2D eigenvalue weighted by Gasteiger charge is 2.32. The minimum Gasteiger partial charge on any atom is -0.303 e. The minimum atomic E-state index is 0.699. The summed E-state index contributed by atoms with van der Waals surface area (Å²) in [4.78, 5) is 13.0. The molecule has 0 amide bonds. The molecule has 1 saturated carbocycles. The van der Waals surface area contributed by atoms with Gasteiger partial charge in [-0.15, -0.1) is 0 Å². The van der Waals surface area contributed by atoms with Gasteiger partial charge in [0.2, 0.25) is 0 Å². The molecule has 1 aliphatic carbocycles. The SMILES string of the molecule is CC.CN1CCCC1C1CCC(CC=O)CC1. The van der Waals surface area contributed by atoms with Gasteiger partial charge < -0.3 is 9.69 Å². The molecule has 0 N–H and O–H groups in total. The Morgan fingerprint density at radius 3 is 2.24 bits per heavy atom. The Labute approximate surface area is 107 Å². The Morgan fingerprint density at radius 2 is 1.76 bits per heavy atom. The summed E-state index contributed by atoms with van der Waals surface area (Å²) in [7, 11) is 2.27. The van der Waals surface area contributed by atoms with Gasteiger partial charge in [-0.05, 0) is 64.0 Å². The van der Waals surface area contributed by atoms with Crippen LogP contribution >= 0.6 is 0 Å². The van der Waals surface area contributed by atoms with E-state index in [4.69, 9.17) is 0 Å².